The molecule has 0 saturated heterocycles. The maximum absolute atomic E-state index is 12.3. The average Bonchev–Trinajstić information content (AvgIpc) is 3.31. The van der Waals surface area contributed by atoms with Crippen molar-refractivity contribution in [2.24, 2.45) is 0 Å². The van der Waals surface area contributed by atoms with Gasteiger partial charge in [-0.05, 0) is 42.1 Å². The Balaban J connectivity index is 1.61. The van der Waals surface area contributed by atoms with Crippen LogP contribution in [-0.2, 0) is 16.6 Å². The molecule has 4 nitrogen and oxygen atoms in total. The minimum atomic E-state index is -3.55. The fourth-order valence-electron chi connectivity index (χ4n) is 2.20. The van der Waals surface area contributed by atoms with Gasteiger partial charge in [0.2, 0.25) is 15.8 Å². The zero-order chi connectivity index (χ0) is 18.6. The van der Waals surface area contributed by atoms with E-state index in [1.165, 1.54) is 22.7 Å². The second kappa shape index (κ2) is 8.09. The van der Waals surface area contributed by atoms with Gasteiger partial charge >= 0.3 is 0 Å². The van der Waals surface area contributed by atoms with Crippen molar-refractivity contribution in [2.75, 3.05) is 0 Å². The number of thiophene rings is 2. The number of rotatable bonds is 7. The first-order valence-corrected chi connectivity index (χ1v) is 11.1. The SMILES string of the molecule is Cc1ccc(/C=C/S(=O)(=O)NCc2ccc(C(=O)c3ccsc3)s2)cc1. The van der Waals surface area contributed by atoms with Gasteiger partial charge in [-0.25, -0.2) is 13.1 Å². The lowest BCUT2D eigenvalue weighted by Crippen LogP contribution is -2.19. The molecule has 0 unspecified atom stereocenters. The van der Waals surface area contributed by atoms with Crippen LogP contribution in [0.5, 0.6) is 0 Å². The van der Waals surface area contributed by atoms with E-state index in [4.69, 9.17) is 0 Å². The molecule has 0 aliphatic rings. The summed E-state index contributed by atoms with van der Waals surface area (Å²) >= 11 is 2.77. The van der Waals surface area contributed by atoms with Gasteiger partial charge in [0.25, 0.3) is 0 Å². The zero-order valence-electron chi connectivity index (χ0n) is 14.0. The van der Waals surface area contributed by atoms with Gasteiger partial charge in [-0.15, -0.1) is 11.3 Å². The van der Waals surface area contributed by atoms with Gasteiger partial charge in [0.1, 0.15) is 0 Å². The van der Waals surface area contributed by atoms with Crippen LogP contribution >= 0.6 is 22.7 Å². The first kappa shape index (κ1) is 18.7. The maximum atomic E-state index is 12.3. The summed E-state index contributed by atoms with van der Waals surface area (Å²) in [6.45, 7) is 2.13. The lowest BCUT2D eigenvalue weighted by Gasteiger charge is -2.01. The zero-order valence-corrected chi connectivity index (χ0v) is 16.5. The Bertz CT molecular complexity index is 1010. The fourth-order valence-corrected chi connectivity index (χ4v) is 4.62. The van der Waals surface area contributed by atoms with Crippen molar-refractivity contribution in [2.45, 2.75) is 13.5 Å². The van der Waals surface area contributed by atoms with Crippen molar-refractivity contribution >= 4 is 44.6 Å². The first-order chi connectivity index (χ1) is 12.4. The topological polar surface area (TPSA) is 63.2 Å². The summed E-state index contributed by atoms with van der Waals surface area (Å²) < 4.78 is 26.8. The molecule has 0 bridgehead atoms. The highest BCUT2D eigenvalue weighted by atomic mass is 32.2. The molecule has 0 spiro atoms. The molecular formula is C19H17NO3S3. The van der Waals surface area contributed by atoms with E-state index in [-0.39, 0.29) is 12.3 Å². The molecule has 0 radical (unpaired) electrons. The third kappa shape index (κ3) is 4.98. The van der Waals surface area contributed by atoms with Crippen LogP contribution in [-0.4, -0.2) is 14.2 Å². The number of sulfonamides is 1. The molecule has 0 saturated carbocycles. The molecule has 134 valence electrons. The van der Waals surface area contributed by atoms with Gasteiger partial charge in [0.15, 0.2) is 0 Å². The Morgan fingerprint density at radius 2 is 1.88 bits per heavy atom. The van der Waals surface area contributed by atoms with Gasteiger partial charge in [-0.3, -0.25) is 4.79 Å². The third-order valence-electron chi connectivity index (χ3n) is 3.63. The standard InChI is InChI=1S/C19H17NO3S3/c1-14-2-4-15(5-3-14)9-11-26(22,23)20-12-17-6-7-18(25-17)19(21)16-8-10-24-13-16/h2-11,13,20H,12H2,1H3/b11-9+. The van der Waals surface area contributed by atoms with E-state index in [1.807, 2.05) is 36.6 Å². The average molecular weight is 404 g/mol. The monoisotopic (exact) mass is 403 g/mol. The molecule has 3 aromatic rings. The Labute approximate surface area is 160 Å². The number of hydrogen-bond acceptors (Lipinski definition) is 5. The van der Waals surface area contributed by atoms with Gasteiger partial charge in [0.05, 0.1) is 4.88 Å². The highest BCUT2D eigenvalue weighted by Crippen LogP contribution is 2.21. The fraction of sp³-hybridized carbons (Fsp3) is 0.105. The number of benzene rings is 1. The quantitative estimate of drug-likeness (QED) is 0.593. The van der Waals surface area contributed by atoms with Crippen molar-refractivity contribution in [3.8, 4) is 0 Å². The van der Waals surface area contributed by atoms with Crippen LogP contribution in [0.3, 0.4) is 0 Å². The van der Waals surface area contributed by atoms with Crippen LogP contribution in [0.1, 0.15) is 31.2 Å². The van der Waals surface area contributed by atoms with Gasteiger partial charge in [-0.2, -0.15) is 11.3 Å². The van der Waals surface area contributed by atoms with Crippen LogP contribution in [0.2, 0.25) is 0 Å². The minimum absolute atomic E-state index is 0.0374. The van der Waals surface area contributed by atoms with Crippen LogP contribution in [0.25, 0.3) is 6.08 Å². The summed E-state index contributed by atoms with van der Waals surface area (Å²) in [5, 5.41) is 4.82. The van der Waals surface area contributed by atoms with E-state index in [9.17, 15) is 13.2 Å². The molecule has 1 N–H and O–H groups in total. The van der Waals surface area contributed by atoms with E-state index in [2.05, 4.69) is 4.72 Å². The molecule has 3 rings (SSSR count). The predicted molar refractivity (Wildman–Crippen MR) is 108 cm³/mol. The molecule has 0 atom stereocenters. The van der Waals surface area contributed by atoms with Gasteiger partial charge < -0.3 is 0 Å². The van der Waals surface area contributed by atoms with Crippen LogP contribution in [0.15, 0.2) is 58.6 Å². The molecule has 1 aromatic carbocycles. The minimum Gasteiger partial charge on any atom is -0.288 e. The van der Waals surface area contributed by atoms with E-state index < -0.39 is 10.0 Å². The Morgan fingerprint density at radius 3 is 2.58 bits per heavy atom. The summed E-state index contributed by atoms with van der Waals surface area (Å²) in [4.78, 5) is 13.7. The number of ketones is 1. The number of carbonyl (C=O) groups excluding carboxylic acids is 1. The number of carbonyl (C=O) groups is 1. The van der Waals surface area contributed by atoms with E-state index >= 15 is 0 Å². The Kier molecular flexibility index (Phi) is 5.83. The van der Waals surface area contributed by atoms with Crippen LogP contribution in [0.4, 0.5) is 0 Å². The summed E-state index contributed by atoms with van der Waals surface area (Å²) in [7, 11) is -3.55. The lowest BCUT2D eigenvalue weighted by molar-refractivity contribution is 0.104. The summed E-state index contributed by atoms with van der Waals surface area (Å²) in [6, 6.07) is 12.9. The highest BCUT2D eigenvalue weighted by Gasteiger charge is 2.13. The molecular weight excluding hydrogens is 386 g/mol. The number of aryl methyl sites for hydroxylation is 1. The van der Waals surface area contributed by atoms with Crippen molar-refractivity contribution in [1.29, 1.82) is 0 Å². The van der Waals surface area contributed by atoms with Crippen molar-refractivity contribution in [3.63, 3.8) is 0 Å². The van der Waals surface area contributed by atoms with Crippen LogP contribution < -0.4 is 4.72 Å². The van der Waals surface area contributed by atoms with Crippen molar-refractivity contribution in [3.05, 3.63) is 85.1 Å². The number of hydrogen-bond donors (Lipinski definition) is 1. The predicted octanol–water partition coefficient (Wildman–Crippen LogP) is 4.44. The van der Waals surface area contributed by atoms with E-state index in [0.29, 0.717) is 10.4 Å². The Morgan fingerprint density at radius 1 is 1.12 bits per heavy atom. The Hall–Kier alpha value is -2.06. The summed E-state index contributed by atoms with van der Waals surface area (Å²) in [5.74, 6) is -0.0374. The molecule has 0 aliphatic carbocycles. The molecule has 7 heteroatoms. The normalized spacial score (nSPS) is 11.9. The second-order valence-corrected chi connectivity index (χ2v) is 9.29. The molecule has 2 heterocycles. The largest absolute Gasteiger partial charge is 0.288 e. The smallest absolute Gasteiger partial charge is 0.234 e. The number of nitrogens with one attached hydrogen (secondary N) is 1. The van der Waals surface area contributed by atoms with Crippen LogP contribution in [0, 0.1) is 6.92 Å². The van der Waals surface area contributed by atoms with Crippen molar-refractivity contribution in [1.82, 2.24) is 4.72 Å². The lowest BCUT2D eigenvalue weighted by atomic mass is 10.2. The molecule has 0 amide bonds. The first-order valence-electron chi connectivity index (χ1n) is 7.83. The molecule has 0 fully saturated rings. The molecule has 26 heavy (non-hydrogen) atoms. The maximum Gasteiger partial charge on any atom is 0.234 e. The molecule has 0 aliphatic heterocycles. The van der Waals surface area contributed by atoms with Crippen molar-refractivity contribution < 1.29 is 13.2 Å². The highest BCUT2D eigenvalue weighted by molar-refractivity contribution is 7.92. The second-order valence-electron chi connectivity index (χ2n) is 5.69. The summed E-state index contributed by atoms with van der Waals surface area (Å²) in [5.41, 5.74) is 2.60. The van der Waals surface area contributed by atoms with E-state index in [0.717, 1.165) is 21.4 Å². The van der Waals surface area contributed by atoms with E-state index in [1.54, 1.807) is 29.7 Å². The third-order valence-corrected chi connectivity index (χ3v) is 6.44. The van der Waals surface area contributed by atoms with Gasteiger partial charge in [-0.1, -0.05) is 29.8 Å². The summed E-state index contributed by atoms with van der Waals surface area (Å²) in [6.07, 6.45) is 1.56. The molecule has 2 aromatic heterocycles. The van der Waals surface area contributed by atoms with Gasteiger partial charge in [0, 0.05) is 27.8 Å².